The molecule has 7 nitrogen and oxygen atoms in total. The number of aromatic nitrogens is 1. The van der Waals surface area contributed by atoms with Gasteiger partial charge in [0.15, 0.2) is 0 Å². The van der Waals surface area contributed by atoms with Crippen molar-refractivity contribution >= 4 is 11.9 Å². The van der Waals surface area contributed by atoms with E-state index in [0.717, 1.165) is 18.7 Å². The highest BCUT2D eigenvalue weighted by atomic mass is 16.5. The third-order valence-electron chi connectivity index (χ3n) is 4.18. The van der Waals surface area contributed by atoms with Gasteiger partial charge in [-0.15, -0.1) is 0 Å². The molecule has 0 aliphatic heterocycles. The molecule has 0 fully saturated rings. The number of fused-ring (bicyclic) bond motifs is 3. The topological polar surface area (TPSA) is 115 Å². The van der Waals surface area contributed by atoms with Crippen LogP contribution in [0.1, 0.15) is 23.7 Å². The molecule has 0 amide bonds. The van der Waals surface area contributed by atoms with E-state index in [0.29, 0.717) is 12.2 Å². The number of aryl methyl sites for hydroxylation is 1. The molecule has 0 saturated heterocycles. The van der Waals surface area contributed by atoms with Crippen LogP contribution in [0.4, 0.5) is 0 Å². The smallest absolute Gasteiger partial charge is 0.328 e. The summed E-state index contributed by atoms with van der Waals surface area (Å²) in [6.45, 7) is 5.06. The lowest BCUT2D eigenvalue weighted by Gasteiger charge is -2.14. The minimum Gasteiger partial charge on any atom is -0.497 e. The summed E-state index contributed by atoms with van der Waals surface area (Å²) >= 11 is 0. The Bertz CT molecular complexity index is 865. The van der Waals surface area contributed by atoms with Crippen molar-refractivity contribution in [1.82, 2.24) is 4.57 Å². The number of methoxy groups -OCH3 is 1. The summed E-state index contributed by atoms with van der Waals surface area (Å²) in [5.74, 6) is -1.60. The molecule has 1 aromatic carbocycles. The van der Waals surface area contributed by atoms with E-state index in [1.807, 2.05) is 13.0 Å². The molecule has 1 heterocycles. The molecule has 0 saturated carbocycles. The molecule has 27 heavy (non-hydrogen) atoms. The number of aliphatic carboxylic acids is 2. The summed E-state index contributed by atoms with van der Waals surface area (Å²) in [5, 5.41) is 15.6. The molecule has 1 aliphatic rings. The Morgan fingerprint density at radius 2 is 1.85 bits per heavy atom. The Hall–Kier alpha value is -3.06. The average molecular weight is 372 g/mol. The van der Waals surface area contributed by atoms with Crippen LogP contribution < -0.4 is 10.5 Å². The van der Waals surface area contributed by atoms with E-state index in [4.69, 9.17) is 20.7 Å². The summed E-state index contributed by atoms with van der Waals surface area (Å²) in [4.78, 5) is 19.1. The largest absolute Gasteiger partial charge is 0.497 e. The number of nitrogens with two attached hydrogens (primary N) is 1. The van der Waals surface area contributed by atoms with Gasteiger partial charge in [0.1, 0.15) is 5.75 Å². The number of carboxylic acid groups (broad SMARTS) is 2. The van der Waals surface area contributed by atoms with E-state index < -0.39 is 11.9 Å². The van der Waals surface area contributed by atoms with E-state index >= 15 is 0 Å². The van der Waals surface area contributed by atoms with Crippen molar-refractivity contribution in [3.05, 3.63) is 53.2 Å². The Morgan fingerprint density at radius 3 is 2.37 bits per heavy atom. The molecule has 1 aliphatic carbocycles. The van der Waals surface area contributed by atoms with Crippen molar-refractivity contribution in [2.75, 3.05) is 7.11 Å². The number of carboxylic acids is 2. The number of carbonyl (C=O) groups is 2. The summed E-state index contributed by atoms with van der Waals surface area (Å²) < 4.78 is 7.69. The van der Waals surface area contributed by atoms with Gasteiger partial charge in [0.05, 0.1) is 12.8 Å². The summed E-state index contributed by atoms with van der Waals surface area (Å²) in [6.07, 6.45) is 2.13. The summed E-state index contributed by atoms with van der Waals surface area (Å²) in [7, 11) is 1.71. The lowest BCUT2D eigenvalue weighted by atomic mass is 10.1. The first-order chi connectivity index (χ1) is 12.7. The van der Waals surface area contributed by atoms with Gasteiger partial charge in [0.2, 0.25) is 0 Å². The van der Waals surface area contributed by atoms with E-state index in [1.165, 1.54) is 28.1 Å². The molecular weight excluding hydrogens is 348 g/mol. The number of rotatable bonds is 5. The fraction of sp³-hybridized carbons (Fsp3) is 0.300. The number of benzene rings is 1. The van der Waals surface area contributed by atoms with Gasteiger partial charge in [-0.05, 0) is 43.2 Å². The van der Waals surface area contributed by atoms with Crippen LogP contribution in [0.3, 0.4) is 0 Å². The molecule has 1 atom stereocenters. The monoisotopic (exact) mass is 372 g/mol. The third-order valence-corrected chi connectivity index (χ3v) is 4.18. The molecule has 144 valence electrons. The van der Waals surface area contributed by atoms with Gasteiger partial charge in [-0.3, -0.25) is 0 Å². The molecule has 7 heteroatoms. The van der Waals surface area contributed by atoms with E-state index in [-0.39, 0.29) is 6.04 Å². The normalized spacial score (nSPS) is 12.7. The molecule has 1 aromatic heterocycles. The average Bonchev–Trinajstić information content (AvgIpc) is 3.08. The first-order valence-electron chi connectivity index (χ1n) is 8.48. The van der Waals surface area contributed by atoms with Crippen LogP contribution in [0.25, 0.3) is 11.3 Å². The fourth-order valence-electron chi connectivity index (χ4n) is 3.13. The highest BCUT2D eigenvalue weighted by molar-refractivity contribution is 5.89. The van der Waals surface area contributed by atoms with Crippen molar-refractivity contribution in [3.8, 4) is 17.0 Å². The highest BCUT2D eigenvalue weighted by Crippen LogP contribution is 2.40. The maximum Gasteiger partial charge on any atom is 0.328 e. The molecule has 2 aromatic rings. The van der Waals surface area contributed by atoms with Crippen LogP contribution in [0.15, 0.2) is 36.4 Å². The highest BCUT2D eigenvalue weighted by Gasteiger charge is 2.24. The van der Waals surface area contributed by atoms with Crippen LogP contribution in [0.2, 0.25) is 0 Å². The minimum atomic E-state index is -1.26. The van der Waals surface area contributed by atoms with Gasteiger partial charge in [-0.1, -0.05) is 6.07 Å². The van der Waals surface area contributed by atoms with E-state index in [9.17, 15) is 9.59 Å². The first kappa shape index (κ1) is 20.3. The van der Waals surface area contributed by atoms with Crippen LogP contribution in [-0.4, -0.2) is 39.9 Å². The zero-order chi connectivity index (χ0) is 20.1. The van der Waals surface area contributed by atoms with Gasteiger partial charge >= 0.3 is 11.9 Å². The van der Waals surface area contributed by atoms with E-state index in [1.54, 1.807) is 7.11 Å². The maximum atomic E-state index is 9.55. The lowest BCUT2D eigenvalue weighted by Crippen LogP contribution is -2.23. The van der Waals surface area contributed by atoms with Crippen LogP contribution in [0.5, 0.6) is 5.75 Å². The second-order valence-corrected chi connectivity index (χ2v) is 6.46. The van der Waals surface area contributed by atoms with Crippen molar-refractivity contribution in [2.45, 2.75) is 32.9 Å². The quantitative estimate of drug-likeness (QED) is 0.593. The van der Waals surface area contributed by atoms with Gasteiger partial charge in [0.25, 0.3) is 0 Å². The Balaban J connectivity index is 0.000000279. The molecular formula is C20H24N2O5. The fourth-order valence-corrected chi connectivity index (χ4v) is 3.13. The van der Waals surface area contributed by atoms with Gasteiger partial charge < -0.3 is 25.3 Å². The Kier molecular flexibility index (Phi) is 6.41. The van der Waals surface area contributed by atoms with Crippen LogP contribution >= 0.6 is 0 Å². The second kappa shape index (κ2) is 8.55. The number of nitrogens with zero attached hydrogens (tertiary/aromatic N) is 1. The summed E-state index contributed by atoms with van der Waals surface area (Å²) in [5.41, 5.74) is 12.7. The second-order valence-electron chi connectivity index (χ2n) is 6.46. The van der Waals surface area contributed by atoms with Gasteiger partial charge in [-0.2, -0.15) is 0 Å². The van der Waals surface area contributed by atoms with Crippen molar-refractivity contribution in [2.24, 2.45) is 5.73 Å². The predicted molar refractivity (Wildman–Crippen MR) is 102 cm³/mol. The third kappa shape index (κ3) is 4.98. The van der Waals surface area contributed by atoms with Crippen LogP contribution in [0, 0.1) is 6.92 Å². The van der Waals surface area contributed by atoms with Crippen molar-refractivity contribution in [1.29, 1.82) is 0 Å². The Labute approximate surface area is 157 Å². The van der Waals surface area contributed by atoms with Crippen LogP contribution in [-0.2, 0) is 22.6 Å². The molecule has 0 spiro atoms. The van der Waals surface area contributed by atoms with E-state index in [2.05, 4.69) is 29.7 Å². The molecule has 3 rings (SSSR count). The maximum absolute atomic E-state index is 9.55. The molecule has 0 radical (unpaired) electrons. The SMILES string of the molecule is COc1ccc2c(c1)-c1c(cc(C)n1CC(C)N)C2.O=C(O)C=CC(=O)O. The zero-order valence-corrected chi connectivity index (χ0v) is 15.6. The molecule has 0 bridgehead atoms. The minimum absolute atomic E-state index is 0.157. The predicted octanol–water partition coefficient (Wildman–Crippen LogP) is 2.44. The molecule has 1 unspecified atom stereocenters. The lowest BCUT2D eigenvalue weighted by molar-refractivity contribution is -0.134. The van der Waals surface area contributed by atoms with Crippen molar-refractivity contribution < 1.29 is 24.5 Å². The molecule has 4 N–H and O–H groups in total. The standard InChI is InChI=1S/C16H20N2O.C4H4O4/c1-10(17)9-18-11(2)6-13-7-12-4-5-14(19-3)8-15(12)16(13)18;5-3(6)1-2-4(7)8/h4-6,8,10H,7,9,17H2,1-3H3;1-2H,(H,5,6)(H,7,8). The Morgan fingerprint density at radius 1 is 1.22 bits per heavy atom. The number of hydrogen-bond donors (Lipinski definition) is 3. The number of ether oxygens (including phenoxy) is 1. The van der Waals surface area contributed by atoms with Crippen molar-refractivity contribution in [3.63, 3.8) is 0 Å². The number of hydrogen-bond acceptors (Lipinski definition) is 4. The first-order valence-corrected chi connectivity index (χ1v) is 8.48. The zero-order valence-electron chi connectivity index (χ0n) is 15.6. The van der Waals surface area contributed by atoms with Gasteiger partial charge in [-0.25, -0.2) is 9.59 Å². The van der Waals surface area contributed by atoms with Gasteiger partial charge in [0, 0.05) is 42.4 Å². The summed E-state index contributed by atoms with van der Waals surface area (Å²) in [6, 6.07) is 8.78.